The minimum absolute atomic E-state index is 0.132. The molecule has 1 fully saturated rings. The summed E-state index contributed by atoms with van der Waals surface area (Å²) in [6.45, 7) is 0. The quantitative estimate of drug-likeness (QED) is 0.726. The Hall–Kier alpha value is -2.02. The Kier molecular flexibility index (Phi) is 1.72. The van der Waals surface area contributed by atoms with Gasteiger partial charge in [-0.25, -0.2) is 4.79 Å². The molecule has 4 heteroatoms. The van der Waals surface area contributed by atoms with Crippen LogP contribution in [0.1, 0.15) is 17.9 Å². The largest absolute Gasteiger partial charge is 0.419 e. The summed E-state index contributed by atoms with van der Waals surface area (Å²) in [5.74, 6) is 0.104. The maximum absolute atomic E-state index is 11.3. The van der Waals surface area contributed by atoms with Crippen LogP contribution in [0.5, 0.6) is 0 Å². The molecule has 0 spiro atoms. The SMILES string of the molecule is Cn1c(=O)oc2cc(C3CC3C#N)ccc21. The zero-order valence-corrected chi connectivity index (χ0v) is 8.80. The molecule has 1 heterocycles. The van der Waals surface area contributed by atoms with E-state index in [1.165, 1.54) is 4.57 Å². The number of benzene rings is 1. The summed E-state index contributed by atoms with van der Waals surface area (Å²) >= 11 is 0. The molecule has 0 bridgehead atoms. The highest BCUT2D eigenvalue weighted by atomic mass is 16.4. The first-order chi connectivity index (χ1) is 7.70. The second-order valence-electron chi connectivity index (χ2n) is 4.23. The van der Waals surface area contributed by atoms with Crippen LogP contribution in [0.4, 0.5) is 0 Å². The smallest absolute Gasteiger partial charge is 0.408 e. The van der Waals surface area contributed by atoms with Gasteiger partial charge in [-0.1, -0.05) is 6.07 Å². The number of aryl methyl sites for hydroxylation is 1. The lowest BCUT2D eigenvalue weighted by molar-refractivity contribution is 0.528. The van der Waals surface area contributed by atoms with E-state index in [9.17, 15) is 4.79 Å². The van der Waals surface area contributed by atoms with E-state index in [0.717, 1.165) is 17.5 Å². The van der Waals surface area contributed by atoms with Crippen molar-refractivity contribution in [1.82, 2.24) is 4.57 Å². The van der Waals surface area contributed by atoms with Gasteiger partial charge in [-0.2, -0.15) is 5.26 Å². The number of oxazole rings is 1. The van der Waals surface area contributed by atoms with E-state index in [0.29, 0.717) is 11.5 Å². The van der Waals surface area contributed by atoms with Crippen LogP contribution in [0.25, 0.3) is 11.1 Å². The third-order valence-electron chi connectivity index (χ3n) is 3.20. The van der Waals surface area contributed by atoms with Crippen molar-refractivity contribution in [2.45, 2.75) is 12.3 Å². The Labute approximate surface area is 91.7 Å². The monoisotopic (exact) mass is 214 g/mol. The number of rotatable bonds is 1. The first-order valence-corrected chi connectivity index (χ1v) is 5.20. The fraction of sp³-hybridized carbons (Fsp3) is 0.333. The van der Waals surface area contributed by atoms with Crippen molar-refractivity contribution in [1.29, 1.82) is 5.26 Å². The summed E-state index contributed by atoms with van der Waals surface area (Å²) in [5.41, 5.74) is 2.49. The van der Waals surface area contributed by atoms with Gasteiger partial charge < -0.3 is 4.42 Å². The van der Waals surface area contributed by atoms with Crippen molar-refractivity contribution in [3.8, 4) is 6.07 Å². The Morgan fingerprint density at radius 1 is 1.56 bits per heavy atom. The van der Waals surface area contributed by atoms with Crippen molar-refractivity contribution < 1.29 is 4.42 Å². The van der Waals surface area contributed by atoms with Crippen molar-refractivity contribution >= 4 is 11.1 Å². The molecule has 0 N–H and O–H groups in total. The standard InChI is InChI=1S/C12H10N2O2/c1-14-10-3-2-7(9-4-8(9)6-13)5-11(10)16-12(14)15/h2-3,5,8-9H,4H2,1H3. The zero-order chi connectivity index (χ0) is 11.3. The molecule has 2 atom stereocenters. The molecule has 16 heavy (non-hydrogen) atoms. The lowest BCUT2D eigenvalue weighted by Crippen LogP contribution is -2.08. The van der Waals surface area contributed by atoms with Gasteiger partial charge in [0, 0.05) is 13.0 Å². The highest BCUT2D eigenvalue weighted by molar-refractivity contribution is 5.74. The fourth-order valence-electron chi connectivity index (χ4n) is 2.09. The maximum atomic E-state index is 11.3. The average molecular weight is 214 g/mol. The minimum atomic E-state index is -0.347. The lowest BCUT2D eigenvalue weighted by atomic mass is 10.1. The summed E-state index contributed by atoms with van der Waals surface area (Å²) < 4.78 is 6.59. The summed E-state index contributed by atoms with van der Waals surface area (Å²) in [7, 11) is 1.68. The van der Waals surface area contributed by atoms with Gasteiger partial charge in [0.25, 0.3) is 0 Å². The van der Waals surface area contributed by atoms with Crippen LogP contribution < -0.4 is 5.76 Å². The van der Waals surface area contributed by atoms with Gasteiger partial charge in [-0.15, -0.1) is 0 Å². The van der Waals surface area contributed by atoms with Gasteiger partial charge in [-0.3, -0.25) is 4.57 Å². The lowest BCUT2D eigenvalue weighted by Gasteiger charge is -1.97. The Morgan fingerprint density at radius 2 is 2.38 bits per heavy atom. The molecule has 80 valence electrons. The Bertz CT molecular complexity index is 660. The second kappa shape index (κ2) is 2.99. The summed E-state index contributed by atoms with van der Waals surface area (Å²) in [6, 6.07) is 7.98. The highest BCUT2D eigenvalue weighted by Gasteiger charge is 2.38. The molecule has 1 aromatic carbocycles. The van der Waals surface area contributed by atoms with Gasteiger partial charge in [0.05, 0.1) is 17.5 Å². The normalized spacial score (nSPS) is 23.2. The first-order valence-electron chi connectivity index (χ1n) is 5.20. The predicted octanol–water partition coefficient (Wildman–Crippen LogP) is 1.76. The van der Waals surface area contributed by atoms with E-state index in [-0.39, 0.29) is 11.7 Å². The van der Waals surface area contributed by atoms with Gasteiger partial charge in [-0.05, 0) is 24.1 Å². The molecule has 0 radical (unpaired) electrons. The average Bonchev–Trinajstić information content (AvgIpc) is 3.02. The number of fused-ring (bicyclic) bond motifs is 1. The van der Waals surface area contributed by atoms with Gasteiger partial charge in [0.15, 0.2) is 5.58 Å². The molecule has 1 saturated carbocycles. The van der Waals surface area contributed by atoms with Gasteiger partial charge in [0.2, 0.25) is 0 Å². The number of hydrogen-bond acceptors (Lipinski definition) is 3. The van der Waals surface area contributed by atoms with Crippen molar-refractivity contribution in [3.63, 3.8) is 0 Å². The molecule has 0 saturated heterocycles. The highest BCUT2D eigenvalue weighted by Crippen LogP contribution is 2.47. The van der Waals surface area contributed by atoms with E-state index < -0.39 is 0 Å². The van der Waals surface area contributed by atoms with E-state index >= 15 is 0 Å². The second-order valence-corrected chi connectivity index (χ2v) is 4.23. The summed E-state index contributed by atoms with van der Waals surface area (Å²) in [4.78, 5) is 11.3. The predicted molar refractivity (Wildman–Crippen MR) is 57.9 cm³/mol. The molecule has 2 aromatic rings. The summed E-state index contributed by atoms with van der Waals surface area (Å²) in [5, 5.41) is 8.77. The zero-order valence-electron chi connectivity index (χ0n) is 8.80. The van der Waals surface area contributed by atoms with Crippen LogP contribution in [0.2, 0.25) is 0 Å². The third-order valence-corrected chi connectivity index (χ3v) is 3.20. The van der Waals surface area contributed by atoms with Crippen LogP contribution >= 0.6 is 0 Å². The van der Waals surface area contributed by atoms with Crippen LogP contribution in [-0.2, 0) is 7.05 Å². The molecule has 1 aromatic heterocycles. The molecule has 4 nitrogen and oxygen atoms in total. The molecular formula is C12H10N2O2. The van der Waals surface area contributed by atoms with Crippen LogP contribution in [0, 0.1) is 17.2 Å². The number of aromatic nitrogens is 1. The van der Waals surface area contributed by atoms with Crippen molar-refractivity contribution in [2.75, 3.05) is 0 Å². The maximum Gasteiger partial charge on any atom is 0.419 e. The minimum Gasteiger partial charge on any atom is -0.408 e. The number of nitrogens with zero attached hydrogens (tertiary/aromatic N) is 2. The van der Waals surface area contributed by atoms with Crippen molar-refractivity contribution in [3.05, 3.63) is 34.3 Å². The third kappa shape index (κ3) is 1.18. The fourth-order valence-corrected chi connectivity index (χ4v) is 2.09. The van der Waals surface area contributed by atoms with Crippen LogP contribution in [0.3, 0.4) is 0 Å². The van der Waals surface area contributed by atoms with E-state index in [1.807, 2.05) is 18.2 Å². The molecule has 0 amide bonds. The van der Waals surface area contributed by atoms with Gasteiger partial charge >= 0.3 is 5.76 Å². The van der Waals surface area contributed by atoms with Crippen LogP contribution in [0.15, 0.2) is 27.4 Å². The topological polar surface area (TPSA) is 58.9 Å². The van der Waals surface area contributed by atoms with E-state index in [4.69, 9.17) is 9.68 Å². The number of hydrogen-bond donors (Lipinski definition) is 0. The van der Waals surface area contributed by atoms with Gasteiger partial charge in [0.1, 0.15) is 0 Å². The number of nitriles is 1. The van der Waals surface area contributed by atoms with E-state index in [2.05, 4.69) is 6.07 Å². The summed E-state index contributed by atoms with van der Waals surface area (Å²) in [6.07, 6.45) is 0.916. The molecule has 0 aliphatic heterocycles. The molecule has 2 unspecified atom stereocenters. The van der Waals surface area contributed by atoms with E-state index in [1.54, 1.807) is 7.05 Å². The Morgan fingerprint density at radius 3 is 3.06 bits per heavy atom. The first kappa shape index (κ1) is 9.22. The molecular weight excluding hydrogens is 204 g/mol. The Balaban J connectivity index is 2.11. The van der Waals surface area contributed by atoms with Crippen LogP contribution in [-0.4, -0.2) is 4.57 Å². The molecule has 3 rings (SSSR count). The molecule has 1 aliphatic rings. The van der Waals surface area contributed by atoms with Crippen molar-refractivity contribution in [2.24, 2.45) is 13.0 Å². The molecule has 1 aliphatic carbocycles.